The molecule has 0 saturated heterocycles. The van der Waals surface area contributed by atoms with Crippen molar-refractivity contribution < 1.29 is 4.79 Å². The molecule has 2 aromatic carbocycles. The molecule has 0 unspecified atom stereocenters. The number of benzene rings is 2. The maximum Gasteiger partial charge on any atom is 0.255 e. The molecule has 19 heavy (non-hydrogen) atoms. The molecule has 0 radical (unpaired) electrons. The van der Waals surface area contributed by atoms with E-state index in [1.54, 1.807) is 18.2 Å². The summed E-state index contributed by atoms with van der Waals surface area (Å²) in [6.07, 6.45) is 0. The molecule has 0 bridgehead atoms. The van der Waals surface area contributed by atoms with Gasteiger partial charge in [-0.2, -0.15) is 0 Å². The van der Waals surface area contributed by atoms with E-state index >= 15 is 0 Å². The quantitative estimate of drug-likeness (QED) is 0.760. The lowest BCUT2D eigenvalue weighted by Crippen LogP contribution is -2.12. The van der Waals surface area contributed by atoms with E-state index in [1.165, 1.54) is 0 Å². The first kappa shape index (κ1) is 14.4. The second-order valence-electron chi connectivity index (χ2n) is 3.95. The molecule has 98 valence electrons. The van der Waals surface area contributed by atoms with Crippen molar-refractivity contribution in [3.63, 3.8) is 0 Å². The highest BCUT2D eigenvalue weighted by Crippen LogP contribution is 2.21. The normalized spacial score (nSPS) is 10.3. The zero-order chi connectivity index (χ0) is 13.8. The van der Waals surface area contributed by atoms with Gasteiger partial charge < -0.3 is 5.32 Å². The van der Waals surface area contributed by atoms with E-state index in [0.717, 1.165) is 10.0 Å². The molecule has 2 rings (SSSR count). The van der Waals surface area contributed by atoms with Crippen molar-refractivity contribution in [3.05, 3.63) is 63.1 Å². The summed E-state index contributed by atoms with van der Waals surface area (Å²) in [5.41, 5.74) is 2.15. The van der Waals surface area contributed by atoms with Gasteiger partial charge in [-0.05, 0) is 35.9 Å². The van der Waals surface area contributed by atoms with Crippen LogP contribution in [0.25, 0.3) is 0 Å². The summed E-state index contributed by atoms with van der Waals surface area (Å²) in [5, 5.41) is 3.32. The lowest BCUT2D eigenvalue weighted by Gasteiger charge is -2.07. The zero-order valence-corrected chi connectivity index (χ0v) is 12.9. The van der Waals surface area contributed by atoms with Crippen LogP contribution in [0.5, 0.6) is 0 Å². The molecule has 0 aromatic heterocycles. The zero-order valence-electron chi connectivity index (χ0n) is 9.79. The van der Waals surface area contributed by atoms with Gasteiger partial charge in [0.15, 0.2) is 0 Å². The van der Waals surface area contributed by atoms with Gasteiger partial charge in [0.25, 0.3) is 5.91 Å². The number of nitrogens with one attached hydrogen (secondary N) is 1. The van der Waals surface area contributed by atoms with Crippen molar-refractivity contribution >= 4 is 50.7 Å². The highest BCUT2D eigenvalue weighted by Gasteiger charge is 2.08. The third kappa shape index (κ3) is 3.96. The molecule has 0 spiro atoms. The number of amides is 1. The van der Waals surface area contributed by atoms with Crippen LogP contribution in [0.1, 0.15) is 15.9 Å². The van der Waals surface area contributed by atoms with Crippen LogP contribution in [0.15, 0.2) is 46.9 Å². The summed E-state index contributed by atoms with van der Waals surface area (Å²) in [5.74, 6) is 0.196. The third-order valence-electron chi connectivity index (χ3n) is 2.46. The number of rotatable bonds is 3. The van der Waals surface area contributed by atoms with Crippen LogP contribution in [0.2, 0.25) is 5.02 Å². The Labute approximate surface area is 129 Å². The van der Waals surface area contributed by atoms with Crippen LogP contribution in [-0.2, 0) is 5.88 Å². The van der Waals surface area contributed by atoms with Crippen molar-refractivity contribution in [2.24, 2.45) is 0 Å². The maximum atomic E-state index is 12.1. The minimum absolute atomic E-state index is 0.213. The van der Waals surface area contributed by atoms with Gasteiger partial charge in [-0.25, -0.2) is 0 Å². The predicted octanol–water partition coefficient (Wildman–Crippen LogP) is 5.09. The molecule has 0 aliphatic heterocycles. The first-order valence-electron chi connectivity index (χ1n) is 5.51. The van der Waals surface area contributed by atoms with E-state index in [4.69, 9.17) is 23.2 Å². The van der Waals surface area contributed by atoms with Crippen LogP contribution in [0.3, 0.4) is 0 Å². The Bertz CT molecular complexity index is 596. The second kappa shape index (κ2) is 6.42. The first-order chi connectivity index (χ1) is 9.08. The van der Waals surface area contributed by atoms with Crippen molar-refractivity contribution in [1.29, 1.82) is 0 Å². The number of halogens is 3. The van der Waals surface area contributed by atoms with Crippen LogP contribution in [0, 0.1) is 0 Å². The maximum absolute atomic E-state index is 12.1. The van der Waals surface area contributed by atoms with E-state index in [9.17, 15) is 4.79 Å². The Kier molecular flexibility index (Phi) is 4.86. The summed E-state index contributed by atoms with van der Waals surface area (Å²) in [6, 6.07) is 12.5. The fraction of sp³-hybridized carbons (Fsp3) is 0.0714. The first-order valence-corrected chi connectivity index (χ1v) is 7.21. The molecule has 0 heterocycles. The summed E-state index contributed by atoms with van der Waals surface area (Å²) in [4.78, 5) is 12.1. The summed E-state index contributed by atoms with van der Waals surface area (Å²) in [6.45, 7) is 0. The molecular weight excluding hydrogens is 349 g/mol. The largest absolute Gasteiger partial charge is 0.322 e. The fourth-order valence-electron chi connectivity index (χ4n) is 1.62. The Morgan fingerprint density at radius 1 is 1.21 bits per heavy atom. The summed E-state index contributed by atoms with van der Waals surface area (Å²) in [7, 11) is 0. The summed E-state index contributed by atoms with van der Waals surface area (Å²) >= 11 is 15.0. The standard InChI is InChI=1S/C14H10BrCl2NO/c15-11-5-10(6-12(17)7-11)14(19)18-13-3-1-2-9(4-13)8-16/h1-7H,8H2,(H,18,19). The van der Waals surface area contributed by atoms with Gasteiger partial charge in [0.05, 0.1) is 0 Å². The van der Waals surface area contributed by atoms with Crippen molar-refractivity contribution in [3.8, 4) is 0 Å². The highest BCUT2D eigenvalue weighted by atomic mass is 79.9. The van der Waals surface area contributed by atoms with E-state index < -0.39 is 0 Å². The van der Waals surface area contributed by atoms with Crippen molar-refractivity contribution in [2.45, 2.75) is 5.88 Å². The molecule has 0 atom stereocenters. The highest BCUT2D eigenvalue weighted by molar-refractivity contribution is 9.10. The lowest BCUT2D eigenvalue weighted by atomic mass is 10.2. The van der Waals surface area contributed by atoms with E-state index in [0.29, 0.717) is 22.2 Å². The molecule has 1 amide bonds. The molecule has 5 heteroatoms. The van der Waals surface area contributed by atoms with Crippen LogP contribution in [-0.4, -0.2) is 5.91 Å². The monoisotopic (exact) mass is 357 g/mol. The lowest BCUT2D eigenvalue weighted by molar-refractivity contribution is 0.102. The molecular formula is C14H10BrCl2NO. The molecule has 1 N–H and O–H groups in total. The Morgan fingerprint density at radius 3 is 2.68 bits per heavy atom. The molecule has 2 nitrogen and oxygen atoms in total. The van der Waals surface area contributed by atoms with Gasteiger partial charge in [-0.3, -0.25) is 4.79 Å². The van der Waals surface area contributed by atoms with Gasteiger partial charge in [0.1, 0.15) is 0 Å². The number of hydrogen-bond acceptors (Lipinski definition) is 1. The van der Waals surface area contributed by atoms with Gasteiger partial charge in [0, 0.05) is 26.6 Å². The molecule has 0 saturated carbocycles. The minimum atomic E-state index is -0.213. The third-order valence-corrected chi connectivity index (χ3v) is 3.45. The molecule has 0 aliphatic rings. The molecule has 0 fully saturated rings. The number of carbonyl (C=O) groups is 1. The van der Waals surface area contributed by atoms with Crippen LogP contribution >= 0.6 is 39.1 Å². The minimum Gasteiger partial charge on any atom is -0.322 e. The van der Waals surface area contributed by atoms with E-state index in [-0.39, 0.29) is 5.91 Å². The van der Waals surface area contributed by atoms with Gasteiger partial charge in [0.2, 0.25) is 0 Å². The van der Waals surface area contributed by atoms with Crippen molar-refractivity contribution in [1.82, 2.24) is 0 Å². The van der Waals surface area contributed by atoms with E-state index in [1.807, 2.05) is 24.3 Å². The average Bonchev–Trinajstić information content (AvgIpc) is 2.37. The van der Waals surface area contributed by atoms with E-state index in [2.05, 4.69) is 21.2 Å². The number of hydrogen-bond donors (Lipinski definition) is 1. The Morgan fingerprint density at radius 2 is 2.00 bits per heavy atom. The Hall–Kier alpha value is -1.03. The van der Waals surface area contributed by atoms with Crippen LogP contribution < -0.4 is 5.32 Å². The smallest absolute Gasteiger partial charge is 0.255 e. The molecule has 0 aliphatic carbocycles. The van der Waals surface area contributed by atoms with Gasteiger partial charge in [-0.15, -0.1) is 11.6 Å². The van der Waals surface area contributed by atoms with Crippen LogP contribution in [0.4, 0.5) is 5.69 Å². The van der Waals surface area contributed by atoms with Crippen molar-refractivity contribution in [2.75, 3.05) is 5.32 Å². The number of anilines is 1. The Balaban J connectivity index is 2.20. The average molecular weight is 359 g/mol. The molecule has 2 aromatic rings. The number of carbonyl (C=O) groups excluding carboxylic acids is 1. The number of alkyl halides is 1. The van der Waals surface area contributed by atoms with Gasteiger partial charge >= 0.3 is 0 Å². The fourth-order valence-corrected chi connectivity index (χ4v) is 2.65. The summed E-state index contributed by atoms with van der Waals surface area (Å²) < 4.78 is 0.764. The second-order valence-corrected chi connectivity index (χ2v) is 5.57. The predicted molar refractivity (Wildman–Crippen MR) is 83.1 cm³/mol. The topological polar surface area (TPSA) is 29.1 Å². The SMILES string of the molecule is O=C(Nc1cccc(CCl)c1)c1cc(Cl)cc(Br)c1. The van der Waals surface area contributed by atoms with Gasteiger partial charge in [-0.1, -0.05) is 39.7 Å².